The quantitative estimate of drug-likeness (QED) is 0.598. The zero-order valence-corrected chi connectivity index (χ0v) is 16.4. The van der Waals surface area contributed by atoms with Gasteiger partial charge in [-0.15, -0.1) is 15.0 Å². The summed E-state index contributed by atoms with van der Waals surface area (Å²) in [6.07, 6.45) is 1.78. The second-order valence-corrected chi connectivity index (χ2v) is 6.62. The third kappa shape index (κ3) is 5.61. The average Bonchev–Trinajstić information content (AvgIpc) is 3.22. The maximum Gasteiger partial charge on any atom is 0.319 e. The van der Waals surface area contributed by atoms with Crippen LogP contribution in [-0.2, 0) is 6.42 Å². The van der Waals surface area contributed by atoms with Gasteiger partial charge in [0.25, 0.3) is 11.7 Å². The molecule has 0 aliphatic rings. The van der Waals surface area contributed by atoms with Gasteiger partial charge in [0.1, 0.15) is 0 Å². The highest BCUT2D eigenvalue weighted by atomic mass is 16.2. The molecule has 1 heterocycles. The molecule has 29 heavy (non-hydrogen) atoms. The van der Waals surface area contributed by atoms with Crippen LogP contribution in [0.25, 0.3) is 5.69 Å². The Kier molecular flexibility index (Phi) is 6.51. The highest BCUT2D eigenvalue weighted by molar-refractivity contribution is 5.90. The van der Waals surface area contributed by atoms with Crippen molar-refractivity contribution in [2.45, 2.75) is 12.8 Å². The first-order chi connectivity index (χ1) is 14.0. The van der Waals surface area contributed by atoms with Gasteiger partial charge in [0.15, 0.2) is 0 Å². The van der Waals surface area contributed by atoms with Crippen molar-refractivity contribution in [1.82, 2.24) is 30.4 Å². The van der Waals surface area contributed by atoms with Crippen LogP contribution in [0.2, 0.25) is 0 Å². The molecule has 1 aromatic heterocycles. The van der Waals surface area contributed by atoms with Crippen molar-refractivity contribution in [2.75, 3.05) is 26.0 Å². The molecule has 2 aromatic carbocycles. The van der Waals surface area contributed by atoms with Crippen molar-refractivity contribution in [2.24, 2.45) is 0 Å². The van der Waals surface area contributed by atoms with Crippen LogP contribution in [0.1, 0.15) is 22.6 Å². The van der Waals surface area contributed by atoms with Crippen LogP contribution in [0, 0.1) is 0 Å². The van der Waals surface area contributed by atoms with E-state index >= 15 is 0 Å². The van der Waals surface area contributed by atoms with Crippen LogP contribution in [0.5, 0.6) is 0 Å². The first kappa shape index (κ1) is 20.0. The number of carbonyl (C=O) groups excluding carboxylic acids is 2. The molecule has 0 bridgehead atoms. The number of urea groups is 1. The van der Waals surface area contributed by atoms with Crippen LogP contribution >= 0.6 is 0 Å². The maximum absolute atomic E-state index is 12.0. The van der Waals surface area contributed by atoms with Crippen molar-refractivity contribution in [1.29, 1.82) is 0 Å². The number of carbonyl (C=O) groups is 2. The molecule has 150 valence electrons. The first-order valence-corrected chi connectivity index (χ1v) is 9.24. The summed E-state index contributed by atoms with van der Waals surface area (Å²) >= 11 is 0. The second kappa shape index (κ2) is 9.45. The summed E-state index contributed by atoms with van der Waals surface area (Å²) in [7, 11) is 3.24. The van der Waals surface area contributed by atoms with E-state index in [9.17, 15) is 9.59 Å². The van der Waals surface area contributed by atoms with E-state index in [1.165, 1.54) is 15.3 Å². The number of aromatic nitrogens is 4. The lowest BCUT2D eigenvalue weighted by Gasteiger charge is -2.08. The van der Waals surface area contributed by atoms with E-state index in [1.54, 1.807) is 38.4 Å². The Balaban J connectivity index is 1.47. The largest absolute Gasteiger partial charge is 0.342 e. The van der Waals surface area contributed by atoms with Gasteiger partial charge in [-0.25, -0.2) is 4.79 Å². The molecule has 0 saturated heterocycles. The molecule has 3 aromatic rings. The van der Waals surface area contributed by atoms with Crippen LogP contribution < -0.4 is 10.6 Å². The lowest BCUT2D eigenvalue weighted by molar-refractivity contribution is 0.0815. The summed E-state index contributed by atoms with van der Waals surface area (Å²) in [5.74, 6) is -0.300. The smallest absolute Gasteiger partial charge is 0.319 e. The fraction of sp³-hybridized carbons (Fsp3) is 0.250. The summed E-state index contributed by atoms with van der Waals surface area (Å²) in [5, 5.41) is 17.3. The first-order valence-electron chi connectivity index (χ1n) is 9.24. The van der Waals surface area contributed by atoms with E-state index in [2.05, 4.69) is 38.2 Å². The minimum Gasteiger partial charge on any atom is -0.342 e. The molecular formula is C20H23N7O2. The number of hydrogen-bond donors (Lipinski definition) is 2. The predicted molar refractivity (Wildman–Crippen MR) is 109 cm³/mol. The van der Waals surface area contributed by atoms with Gasteiger partial charge in [0, 0.05) is 26.3 Å². The van der Waals surface area contributed by atoms with Gasteiger partial charge in [0.05, 0.1) is 5.69 Å². The van der Waals surface area contributed by atoms with Crippen molar-refractivity contribution in [3.63, 3.8) is 0 Å². The van der Waals surface area contributed by atoms with Crippen molar-refractivity contribution in [3.05, 3.63) is 66.0 Å². The van der Waals surface area contributed by atoms with Gasteiger partial charge >= 0.3 is 6.03 Å². The number of nitrogens with one attached hydrogen (secondary N) is 2. The SMILES string of the molecule is CN(C)C(=O)c1nnn(-c2ccc(NC(=O)NCCCc3ccccc3)cc2)n1. The Labute approximate surface area is 168 Å². The maximum atomic E-state index is 12.0. The highest BCUT2D eigenvalue weighted by Crippen LogP contribution is 2.12. The normalized spacial score (nSPS) is 10.4. The monoisotopic (exact) mass is 393 g/mol. The summed E-state index contributed by atoms with van der Waals surface area (Å²) in [5.41, 5.74) is 2.52. The van der Waals surface area contributed by atoms with Gasteiger partial charge in [0.2, 0.25) is 0 Å². The van der Waals surface area contributed by atoms with E-state index in [1.807, 2.05) is 18.2 Å². The third-order valence-corrected chi connectivity index (χ3v) is 4.14. The highest BCUT2D eigenvalue weighted by Gasteiger charge is 2.15. The average molecular weight is 393 g/mol. The molecule has 0 atom stereocenters. The number of nitrogens with zero attached hydrogens (tertiary/aromatic N) is 5. The lowest BCUT2D eigenvalue weighted by atomic mass is 10.1. The van der Waals surface area contributed by atoms with Gasteiger partial charge < -0.3 is 15.5 Å². The van der Waals surface area contributed by atoms with Crippen LogP contribution in [0.3, 0.4) is 0 Å². The van der Waals surface area contributed by atoms with Gasteiger partial charge in [-0.1, -0.05) is 30.3 Å². The van der Waals surface area contributed by atoms with E-state index in [0.29, 0.717) is 17.9 Å². The molecule has 0 spiro atoms. The topological polar surface area (TPSA) is 105 Å². The Bertz CT molecular complexity index is 952. The Morgan fingerprint density at radius 2 is 1.76 bits per heavy atom. The Hall–Kier alpha value is -3.75. The molecular weight excluding hydrogens is 370 g/mol. The summed E-state index contributed by atoms with van der Waals surface area (Å²) in [6, 6.07) is 16.8. The van der Waals surface area contributed by atoms with Crippen molar-refractivity contribution >= 4 is 17.6 Å². The molecule has 0 fully saturated rings. The molecule has 9 nitrogen and oxygen atoms in total. The molecule has 2 N–H and O–H groups in total. The third-order valence-electron chi connectivity index (χ3n) is 4.14. The fourth-order valence-electron chi connectivity index (χ4n) is 2.60. The Morgan fingerprint density at radius 1 is 1.03 bits per heavy atom. The number of amides is 3. The number of rotatable bonds is 7. The summed E-state index contributed by atoms with van der Waals surface area (Å²) < 4.78 is 0. The molecule has 0 unspecified atom stereocenters. The lowest BCUT2D eigenvalue weighted by Crippen LogP contribution is -2.29. The van der Waals surface area contributed by atoms with E-state index < -0.39 is 0 Å². The molecule has 0 aliphatic carbocycles. The number of tetrazole rings is 1. The molecule has 0 saturated carbocycles. The number of hydrogen-bond acceptors (Lipinski definition) is 5. The van der Waals surface area contributed by atoms with Gasteiger partial charge in [-0.05, 0) is 47.9 Å². The second-order valence-electron chi connectivity index (χ2n) is 6.62. The van der Waals surface area contributed by atoms with Gasteiger partial charge in [-0.2, -0.15) is 0 Å². The van der Waals surface area contributed by atoms with Crippen molar-refractivity contribution in [3.8, 4) is 5.69 Å². The number of benzene rings is 2. The van der Waals surface area contributed by atoms with E-state index in [0.717, 1.165) is 12.8 Å². The molecule has 3 rings (SSSR count). The minimum absolute atomic E-state index is 0.0204. The minimum atomic E-state index is -0.321. The molecule has 9 heteroatoms. The van der Waals surface area contributed by atoms with Crippen LogP contribution in [0.4, 0.5) is 10.5 Å². The molecule has 0 aliphatic heterocycles. The standard InChI is InChI=1S/C20H23N7O2/c1-26(2)19(28)18-23-25-27(24-18)17-12-10-16(11-13-17)22-20(29)21-14-6-9-15-7-4-3-5-8-15/h3-5,7-8,10-13H,6,9,14H2,1-2H3,(H2,21,22,29). The number of anilines is 1. The number of aryl methyl sites for hydroxylation is 1. The fourth-order valence-corrected chi connectivity index (χ4v) is 2.60. The zero-order chi connectivity index (χ0) is 20.6. The predicted octanol–water partition coefficient (Wildman–Crippen LogP) is 2.12. The molecule has 3 amide bonds. The molecule has 0 radical (unpaired) electrons. The summed E-state index contributed by atoms with van der Waals surface area (Å²) in [6.45, 7) is 0.588. The van der Waals surface area contributed by atoms with E-state index in [4.69, 9.17) is 0 Å². The van der Waals surface area contributed by atoms with Crippen molar-refractivity contribution < 1.29 is 9.59 Å². The van der Waals surface area contributed by atoms with Crippen LogP contribution in [-0.4, -0.2) is 57.7 Å². The zero-order valence-electron chi connectivity index (χ0n) is 16.4. The van der Waals surface area contributed by atoms with Crippen LogP contribution in [0.15, 0.2) is 54.6 Å². The van der Waals surface area contributed by atoms with Gasteiger partial charge in [-0.3, -0.25) is 4.79 Å². The van der Waals surface area contributed by atoms with E-state index in [-0.39, 0.29) is 17.8 Å². The summed E-state index contributed by atoms with van der Waals surface area (Å²) in [4.78, 5) is 26.5. The Morgan fingerprint density at radius 3 is 2.45 bits per heavy atom.